The highest BCUT2D eigenvalue weighted by molar-refractivity contribution is 5.57. The topological polar surface area (TPSA) is 12.5 Å². The van der Waals surface area contributed by atoms with E-state index in [1.54, 1.807) is 7.11 Å². The van der Waals surface area contributed by atoms with Gasteiger partial charge < -0.3 is 9.64 Å². The highest BCUT2D eigenvalue weighted by Crippen LogP contribution is 2.26. The SMILES string of the molecule is CCN(CC)c1c[c]ccc1OC. The van der Waals surface area contributed by atoms with Crippen LogP contribution in [0.3, 0.4) is 0 Å². The molecule has 0 N–H and O–H groups in total. The lowest BCUT2D eigenvalue weighted by atomic mass is 10.2. The van der Waals surface area contributed by atoms with Gasteiger partial charge in [0.05, 0.1) is 12.8 Å². The maximum absolute atomic E-state index is 5.27. The van der Waals surface area contributed by atoms with Crippen LogP contribution in [0, 0.1) is 6.07 Å². The number of ether oxygens (including phenoxy) is 1. The molecule has 71 valence electrons. The zero-order chi connectivity index (χ0) is 9.68. The van der Waals surface area contributed by atoms with Crippen molar-refractivity contribution in [2.24, 2.45) is 0 Å². The van der Waals surface area contributed by atoms with E-state index in [1.807, 2.05) is 18.2 Å². The van der Waals surface area contributed by atoms with E-state index >= 15 is 0 Å². The highest BCUT2D eigenvalue weighted by Gasteiger charge is 2.06. The minimum absolute atomic E-state index is 0.919. The summed E-state index contributed by atoms with van der Waals surface area (Å²) in [5.74, 6) is 0.919. The Hall–Kier alpha value is -1.18. The quantitative estimate of drug-likeness (QED) is 0.701. The van der Waals surface area contributed by atoms with Gasteiger partial charge in [0.25, 0.3) is 0 Å². The lowest BCUT2D eigenvalue weighted by molar-refractivity contribution is 0.414. The molecule has 1 radical (unpaired) electrons. The molecule has 0 aliphatic heterocycles. The third-order valence-corrected chi connectivity index (χ3v) is 2.13. The van der Waals surface area contributed by atoms with Crippen LogP contribution in [-0.4, -0.2) is 20.2 Å². The Kier molecular flexibility index (Phi) is 3.62. The molecule has 0 aliphatic carbocycles. The van der Waals surface area contributed by atoms with Gasteiger partial charge in [0, 0.05) is 13.1 Å². The van der Waals surface area contributed by atoms with Crippen molar-refractivity contribution in [2.75, 3.05) is 25.1 Å². The van der Waals surface area contributed by atoms with Gasteiger partial charge in [0.15, 0.2) is 0 Å². The number of nitrogens with zero attached hydrogens (tertiary/aromatic N) is 1. The van der Waals surface area contributed by atoms with Crippen molar-refractivity contribution in [3.63, 3.8) is 0 Å². The molecule has 0 aromatic heterocycles. The van der Waals surface area contributed by atoms with Gasteiger partial charge in [0.1, 0.15) is 5.75 Å². The predicted molar refractivity (Wildman–Crippen MR) is 55.4 cm³/mol. The van der Waals surface area contributed by atoms with Crippen LogP contribution < -0.4 is 9.64 Å². The fourth-order valence-electron chi connectivity index (χ4n) is 1.39. The molecule has 0 amide bonds. The van der Waals surface area contributed by atoms with Crippen LogP contribution in [0.2, 0.25) is 0 Å². The molecular formula is C11H16NO. The monoisotopic (exact) mass is 178 g/mol. The van der Waals surface area contributed by atoms with E-state index in [0.717, 1.165) is 24.5 Å². The van der Waals surface area contributed by atoms with Crippen LogP contribution in [0.5, 0.6) is 5.75 Å². The molecule has 0 saturated heterocycles. The zero-order valence-electron chi connectivity index (χ0n) is 8.50. The van der Waals surface area contributed by atoms with Gasteiger partial charge in [-0.15, -0.1) is 0 Å². The molecule has 2 heteroatoms. The molecule has 0 saturated carbocycles. The summed E-state index contributed by atoms with van der Waals surface area (Å²) >= 11 is 0. The maximum Gasteiger partial charge on any atom is 0.142 e. The molecule has 0 fully saturated rings. The minimum atomic E-state index is 0.919. The highest BCUT2D eigenvalue weighted by atomic mass is 16.5. The summed E-state index contributed by atoms with van der Waals surface area (Å²) in [6.45, 7) is 6.25. The Bertz CT molecular complexity index is 256. The molecule has 0 unspecified atom stereocenters. The van der Waals surface area contributed by atoms with Gasteiger partial charge in [0.2, 0.25) is 0 Å². The first-order chi connectivity index (χ1) is 6.33. The van der Waals surface area contributed by atoms with Crippen molar-refractivity contribution in [1.29, 1.82) is 0 Å². The van der Waals surface area contributed by atoms with Crippen molar-refractivity contribution < 1.29 is 4.74 Å². The summed E-state index contributed by atoms with van der Waals surface area (Å²) in [4.78, 5) is 2.25. The molecule has 1 rings (SSSR count). The molecular weight excluding hydrogens is 162 g/mol. The van der Waals surface area contributed by atoms with Gasteiger partial charge in [-0.05, 0) is 32.0 Å². The number of hydrogen-bond donors (Lipinski definition) is 0. The molecule has 0 heterocycles. The van der Waals surface area contributed by atoms with Crippen LogP contribution in [0.1, 0.15) is 13.8 Å². The van der Waals surface area contributed by atoms with E-state index in [9.17, 15) is 0 Å². The second-order valence-corrected chi connectivity index (χ2v) is 2.77. The largest absolute Gasteiger partial charge is 0.495 e. The van der Waals surface area contributed by atoms with Crippen molar-refractivity contribution in [2.45, 2.75) is 13.8 Å². The van der Waals surface area contributed by atoms with Crippen molar-refractivity contribution >= 4 is 5.69 Å². The fourth-order valence-corrected chi connectivity index (χ4v) is 1.39. The smallest absolute Gasteiger partial charge is 0.142 e. The Morgan fingerprint density at radius 2 is 2.08 bits per heavy atom. The average Bonchev–Trinajstić information content (AvgIpc) is 2.20. The van der Waals surface area contributed by atoms with Crippen LogP contribution in [0.4, 0.5) is 5.69 Å². The van der Waals surface area contributed by atoms with Crippen LogP contribution >= 0.6 is 0 Å². The first-order valence-corrected chi connectivity index (χ1v) is 4.62. The average molecular weight is 178 g/mol. The number of benzene rings is 1. The van der Waals surface area contributed by atoms with E-state index in [2.05, 4.69) is 24.8 Å². The van der Waals surface area contributed by atoms with Crippen LogP contribution in [0.25, 0.3) is 0 Å². The molecule has 1 aromatic rings. The van der Waals surface area contributed by atoms with Crippen LogP contribution in [-0.2, 0) is 0 Å². The second kappa shape index (κ2) is 4.75. The zero-order valence-corrected chi connectivity index (χ0v) is 8.50. The van der Waals surface area contributed by atoms with Gasteiger partial charge in [-0.25, -0.2) is 0 Å². The number of anilines is 1. The van der Waals surface area contributed by atoms with E-state index in [4.69, 9.17) is 4.74 Å². The minimum Gasteiger partial charge on any atom is -0.495 e. The predicted octanol–water partition coefficient (Wildman–Crippen LogP) is 2.34. The Balaban J connectivity index is 2.96. The first-order valence-electron chi connectivity index (χ1n) is 4.62. The Labute approximate surface area is 80.1 Å². The van der Waals surface area contributed by atoms with E-state index in [0.29, 0.717) is 0 Å². The molecule has 2 nitrogen and oxygen atoms in total. The van der Waals surface area contributed by atoms with E-state index < -0.39 is 0 Å². The summed E-state index contributed by atoms with van der Waals surface area (Å²) in [5, 5.41) is 0. The molecule has 0 bridgehead atoms. The molecule has 13 heavy (non-hydrogen) atoms. The Morgan fingerprint density at radius 3 is 2.62 bits per heavy atom. The van der Waals surface area contributed by atoms with Crippen LogP contribution in [0.15, 0.2) is 18.2 Å². The number of rotatable bonds is 4. The molecule has 1 aromatic carbocycles. The summed E-state index contributed by atoms with van der Waals surface area (Å²) in [7, 11) is 1.70. The van der Waals surface area contributed by atoms with Gasteiger partial charge in [-0.1, -0.05) is 6.07 Å². The fraction of sp³-hybridized carbons (Fsp3) is 0.455. The lowest BCUT2D eigenvalue weighted by Gasteiger charge is -2.22. The van der Waals surface area contributed by atoms with E-state index in [-0.39, 0.29) is 0 Å². The lowest BCUT2D eigenvalue weighted by Crippen LogP contribution is -2.22. The Morgan fingerprint density at radius 1 is 1.38 bits per heavy atom. The van der Waals surface area contributed by atoms with Crippen molar-refractivity contribution in [3.05, 3.63) is 24.3 Å². The molecule has 0 aliphatic rings. The standard InChI is InChI=1S/C11H16NO/c1-4-12(5-2)10-8-6-7-9-11(10)13-3/h7-9H,4-5H2,1-3H3. The number of methoxy groups -OCH3 is 1. The summed E-state index contributed by atoms with van der Waals surface area (Å²) in [6, 6.07) is 8.83. The van der Waals surface area contributed by atoms with Gasteiger partial charge in [-0.3, -0.25) is 0 Å². The summed E-state index contributed by atoms with van der Waals surface area (Å²) in [5.41, 5.74) is 1.12. The maximum atomic E-state index is 5.27. The first kappa shape index (κ1) is 9.90. The third kappa shape index (κ3) is 2.14. The van der Waals surface area contributed by atoms with Crippen molar-refractivity contribution in [3.8, 4) is 5.75 Å². The third-order valence-electron chi connectivity index (χ3n) is 2.13. The molecule has 0 spiro atoms. The van der Waals surface area contributed by atoms with Gasteiger partial charge >= 0.3 is 0 Å². The molecule has 0 atom stereocenters. The summed E-state index contributed by atoms with van der Waals surface area (Å²) in [6.07, 6.45) is 0. The summed E-state index contributed by atoms with van der Waals surface area (Å²) < 4.78 is 5.27. The van der Waals surface area contributed by atoms with E-state index in [1.165, 1.54) is 0 Å². The number of hydrogen-bond acceptors (Lipinski definition) is 2. The normalized spacial score (nSPS) is 9.77. The van der Waals surface area contributed by atoms with Crippen molar-refractivity contribution in [1.82, 2.24) is 0 Å². The van der Waals surface area contributed by atoms with Gasteiger partial charge in [-0.2, -0.15) is 0 Å². The second-order valence-electron chi connectivity index (χ2n) is 2.77.